The quantitative estimate of drug-likeness (QED) is 0.338. The van der Waals surface area contributed by atoms with Crippen molar-refractivity contribution in [1.29, 1.82) is 0 Å². The molecular weight excluding hydrogens is 426 g/mol. The molecule has 1 saturated heterocycles. The smallest absolute Gasteiger partial charge is 0.282 e. The molecule has 1 fully saturated rings. The molecule has 0 bridgehead atoms. The van der Waals surface area contributed by atoms with E-state index in [-0.39, 0.29) is 11.5 Å². The van der Waals surface area contributed by atoms with Crippen molar-refractivity contribution in [2.45, 2.75) is 20.4 Å². The van der Waals surface area contributed by atoms with Crippen LogP contribution in [0.1, 0.15) is 16.7 Å². The van der Waals surface area contributed by atoms with Crippen molar-refractivity contribution < 1.29 is 14.3 Å². The van der Waals surface area contributed by atoms with Gasteiger partial charge in [0, 0.05) is 22.7 Å². The van der Waals surface area contributed by atoms with E-state index in [1.165, 1.54) is 16.1 Å². The number of hydrogen-bond acceptors (Lipinski definition) is 3. The fourth-order valence-corrected chi connectivity index (χ4v) is 4.33. The molecule has 2 heterocycles. The van der Waals surface area contributed by atoms with Crippen LogP contribution in [-0.4, -0.2) is 23.0 Å². The number of carbonyl (C=O) groups is 2. The zero-order chi connectivity index (χ0) is 23.7. The predicted molar refractivity (Wildman–Crippen MR) is 133 cm³/mol. The lowest BCUT2D eigenvalue weighted by Crippen LogP contribution is -2.35. The molecule has 0 spiro atoms. The van der Waals surface area contributed by atoms with Crippen molar-refractivity contribution in [2.24, 2.45) is 0 Å². The standard InChI is InChI=1S/C28H25N3O3/c1-19-14-20(2)16-23(15-19)34-13-12-30-18-21(24-10-6-7-11-26(24)30)17-25-27(32)29-31(28(25)33)22-8-4-3-5-9-22/h3-11,14-18H,12-13H2,1-2H3,(H,29,32)/b25-17+. The fraction of sp³-hybridized carbons (Fsp3) is 0.143. The highest BCUT2D eigenvalue weighted by Gasteiger charge is 2.34. The lowest BCUT2D eigenvalue weighted by molar-refractivity contribution is -0.117. The minimum atomic E-state index is -0.413. The first-order valence-corrected chi connectivity index (χ1v) is 11.2. The average molecular weight is 452 g/mol. The fourth-order valence-electron chi connectivity index (χ4n) is 4.33. The van der Waals surface area contributed by atoms with Gasteiger partial charge in [0.05, 0.1) is 12.2 Å². The summed E-state index contributed by atoms with van der Waals surface area (Å²) in [6.45, 7) is 5.24. The summed E-state index contributed by atoms with van der Waals surface area (Å²) in [5.74, 6) is 0.0700. The van der Waals surface area contributed by atoms with Crippen LogP contribution < -0.4 is 15.2 Å². The van der Waals surface area contributed by atoms with Gasteiger partial charge in [-0.1, -0.05) is 42.5 Å². The van der Waals surface area contributed by atoms with Gasteiger partial charge >= 0.3 is 0 Å². The number of benzene rings is 3. The Bertz CT molecular complexity index is 1400. The number of nitrogens with zero attached hydrogens (tertiary/aromatic N) is 2. The van der Waals surface area contributed by atoms with Gasteiger partial charge in [-0.15, -0.1) is 0 Å². The molecule has 6 nitrogen and oxygen atoms in total. The molecule has 0 radical (unpaired) electrons. The molecule has 0 unspecified atom stereocenters. The topological polar surface area (TPSA) is 63.6 Å². The van der Waals surface area contributed by atoms with Gasteiger partial charge in [-0.25, -0.2) is 5.01 Å². The molecule has 4 aromatic rings. The van der Waals surface area contributed by atoms with Crippen LogP contribution in [-0.2, 0) is 16.1 Å². The molecule has 1 N–H and O–H groups in total. The third kappa shape index (κ3) is 4.18. The molecule has 0 saturated carbocycles. The zero-order valence-corrected chi connectivity index (χ0v) is 19.1. The summed E-state index contributed by atoms with van der Waals surface area (Å²) in [5, 5.41) is 2.26. The van der Waals surface area contributed by atoms with Gasteiger partial charge in [0.1, 0.15) is 17.9 Å². The van der Waals surface area contributed by atoms with Gasteiger partial charge in [-0.05, 0) is 61.4 Å². The van der Waals surface area contributed by atoms with Crippen molar-refractivity contribution in [3.8, 4) is 5.75 Å². The first kappa shape index (κ1) is 21.5. The maximum absolute atomic E-state index is 13.0. The first-order valence-electron chi connectivity index (χ1n) is 11.2. The molecular formula is C28H25N3O3. The monoisotopic (exact) mass is 451 g/mol. The van der Waals surface area contributed by atoms with E-state index in [2.05, 4.69) is 29.9 Å². The second kappa shape index (κ2) is 8.90. The highest BCUT2D eigenvalue weighted by Crippen LogP contribution is 2.27. The van der Waals surface area contributed by atoms with Crippen molar-refractivity contribution in [2.75, 3.05) is 11.6 Å². The Labute approximate surface area is 198 Å². The van der Waals surface area contributed by atoms with E-state index in [1.807, 2.05) is 60.8 Å². The van der Waals surface area contributed by atoms with Crippen molar-refractivity contribution >= 4 is 34.5 Å². The molecule has 0 atom stereocenters. The third-order valence-electron chi connectivity index (χ3n) is 5.82. The van der Waals surface area contributed by atoms with Gasteiger partial charge in [0.25, 0.3) is 11.8 Å². The number of nitrogens with one attached hydrogen (secondary N) is 1. The van der Waals surface area contributed by atoms with E-state index < -0.39 is 5.91 Å². The van der Waals surface area contributed by atoms with E-state index in [0.717, 1.165) is 22.2 Å². The molecule has 34 heavy (non-hydrogen) atoms. The number of carbonyl (C=O) groups excluding carboxylic acids is 2. The average Bonchev–Trinajstić information content (AvgIpc) is 3.31. The highest BCUT2D eigenvalue weighted by atomic mass is 16.5. The second-order valence-corrected chi connectivity index (χ2v) is 8.44. The number of aryl methyl sites for hydroxylation is 2. The Morgan fingerprint density at radius 2 is 1.62 bits per heavy atom. The molecule has 5 rings (SSSR count). The Morgan fingerprint density at radius 1 is 0.912 bits per heavy atom. The number of para-hydroxylation sites is 2. The molecule has 1 aliphatic heterocycles. The second-order valence-electron chi connectivity index (χ2n) is 8.44. The number of hydrogen-bond donors (Lipinski definition) is 1. The number of anilines is 1. The van der Waals surface area contributed by atoms with Crippen LogP contribution in [0.3, 0.4) is 0 Å². The van der Waals surface area contributed by atoms with Crippen LogP contribution >= 0.6 is 0 Å². The summed E-state index contributed by atoms with van der Waals surface area (Å²) in [6, 6.07) is 23.2. The normalized spacial score (nSPS) is 14.8. The summed E-state index contributed by atoms with van der Waals surface area (Å²) in [7, 11) is 0. The van der Waals surface area contributed by atoms with Crippen LogP contribution in [0.2, 0.25) is 0 Å². The van der Waals surface area contributed by atoms with Gasteiger partial charge < -0.3 is 9.30 Å². The van der Waals surface area contributed by atoms with Crippen LogP contribution in [0.4, 0.5) is 5.69 Å². The maximum Gasteiger partial charge on any atom is 0.282 e. The van der Waals surface area contributed by atoms with Crippen LogP contribution in [0.5, 0.6) is 5.75 Å². The minimum Gasteiger partial charge on any atom is -0.492 e. The summed E-state index contributed by atoms with van der Waals surface area (Å²) in [5.41, 5.74) is 7.55. The summed E-state index contributed by atoms with van der Waals surface area (Å²) in [6.07, 6.45) is 3.64. The maximum atomic E-state index is 13.0. The molecule has 1 aliphatic rings. The number of ether oxygens (including phenoxy) is 1. The Kier molecular flexibility index (Phi) is 5.64. The van der Waals surface area contributed by atoms with E-state index in [0.29, 0.717) is 18.8 Å². The van der Waals surface area contributed by atoms with Crippen LogP contribution in [0, 0.1) is 13.8 Å². The van der Waals surface area contributed by atoms with Crippen LogP contribution in [0.15, 0.2) is 84.6 Å². The van der Waals surface area contributed by atoms with Gasteiger partial charge in [-0.3, -0.25) is 15.0 Å². The Hall–Kier alpha value is -4.32. The Balaban J connectivity index is 1.41. The highest BCUT2D eigenvalue weighted by molar-refractivity contribution is 6.32. The number of rotatable bonds is 6. The number of amides is 2. The van der Waals surface area contributed by atoms with E-state index in [4.69, 9.17) is 4.74 Å². The zero-order valence-electron chi connectivity index (χ0n) is 19.1. The number of fused-ring (bicyclic) bond motifs is 1. The van der Waals surface area contributed by atoms with Crippen LogP contribution in [0.25, 0.3) is 17.0 Å². The third-order valence-corrected chi connectivity index (χ3v) is 5.82. The first-order chi connectivity index (χ1) is 16.5. The molecule has 170 valence electrons. The van der Waals surface area contributed by atoms with Gasteiger partial charge in [0.2, 0.25) is 0 Å². The molecule has 6 heteroatoms. The number of aromatic nitrogens is 1. The van der Waals surface area contributed by atoms with Crippen molar-refractivity contribution in [3.63, 3.8) is 0 Å². The van der Waals surface area contributed by atoms with Crippen molar-refractivity contribution in [3.05, 3.63) is 101 Å². The lowest BCUT2D eigenvalue weighted by atomic mass is 10.1. The summed E-state index contributed by atoms with van der Waals surface area (Å²) >= 11 is 0. The van der Waals surface area contributed by atoms with E-state index in [1.54, 1.807) is 18.2 Å². The molecule has 2 amide bonds. The van der Waals surface area contributed by atoms with E-state index >= 15 is 0 Å². The summed E-state index contributed by atoms with van der Waals surface area (Å²) < 4.78 is 8.09. The largest absolute Gasteiger partial charge is 0.492 e. The van der Waals surface area contributed by atoms with Crippen molar-refractivity contribution in [1.82, 2.24) is 9.99 Å². The molecule has 0 aliphatic carbocycles. The number of hydrazine groups is 1. The minimum absolute atomic E-state index is 0.109. The van der Waals surface area contributed by atoms with Gasteiger partial charge in [-0.2, -0.15) is 0 Å². The predicted octanol–water partition coefficient (Wildman–Crippen LogP) is 4.80. The lowest BCUT2D eigenvalue weighted by Gasteiger charge is -2.13. The molecule has 1 aromatic heterocycles. The Morgan fingerprint density at radius 3 is 2.38 bits per heavy atom. The van der Waals surface area contributed by atoms with Gasteiger partial charge in [0.15, 0.2) is 0 Å². The SMILES string of the molecule is Cc1cc(C)cc(OCCn2cc(/C=C3\C(=O)NN(c4ccccc4)C3=O)c3ccccc32)c1. The van der Waals surface area contributed by atoms with E-state index in [9.17, 15) is 9.59 Å². The molecule has 3 aromatic carbocycles. The summed E-state index contributed by atoms with van der Waals surface area (Å²) in [4.78, 5) is 25.6.